The molecule has 0 fully saturated rings. The van der Waals surface area contributed by atoms with Gasteiger partial charge in [0.15, 0.2) is 0 Å². The Hall–Kier alpha value is -2.01. The van der Waals surface area contributed by atoms with Crippen LogP contribution < -0.4 is 0 Å². The highest BCUT2D eigenvalue weighted by Crippen LogP contribution is 2.28. The molecular formula is C16H16FNO2S. The molecule has 0 saturated heterocycles. The Balaban J connectivity index is 1.92. The van der Waals surface area contributed by atoms with Crippen LogP contribution in [0.15, 0.2) is 58.3 Å². The minimum absolute atomic E-state index is 0.0692. The maximum atomic E-state index is 13.1. The fourth-order valence-electron chi connectivity index (χ4n) is 1.76. The summed E-state index contributed by atoms with van der Waals surface area (Å²) in [5, 5.41) is 9.46. The molecule has 0 aliphatic heterocycles. The van der Waals surface area contributed by atoms with Crippen molar-refractivity contribution in [1.29, 1.82) is 0 Å². The standard InChI is InChI=1S/C16H16FNO2S/c1-12(19)18(17)11-10-13-2-6-15(7-3-13)21-16-8-4-14(20)5-9-16/h2-9,20H,10-11H2,1H3. The lowest BCUT2D eigenvalue weighted by Gasteiger charge is -2.09. The van der Waals surface area contributed by atoms with Crippen LogP contribution in [-0.2, 0) is 11.2 Å². The number of nitrogens with zero attached hydrogens (tertiary/aromatic N) is 1. The molecule has 0 heterocycles. The molecular weight excluding hydrogens is 289 g/mol. The number of phenols is 1. The van der Waals surface area contributed by atoms with Gasteiger partial charge in [-0.25, -0.2) is 0 Å². The third kappa shape index (κ3) is 4.79. The third-order valence-corrected chi connectivity index (χ3v) is 3.95. The summed E-state index contributed by atoms with van der Waals surface area (Å²) >= 11 is 1.58. The van der Waals surface area contributed by atoms with Gasteiger partial charge in [0.2, 0.25) is 5.91 Å². The first kappa shape index (κ1) is 15.4. The average Bonchev–Trinajstić information content (AvgIpc) is 2.48. The van der Waals surface area contributed by atoms with E-state index in [1.54, 1.807) is 23.9 Å². The first-order valence-electron chi connectivity index (χ1n) is 6.54. The number of phenolic OH excluding ortho intramolecular Hbond substituents is 1. The third-order valence-electron chi connectivity index (χ3n) is 2.93. The van der Waals surface area contributed by atoms with Gasteiger partial charge in [-0.3, -0.25) is 4.79 Å². The SMILES string of the molecule is CC(=O)N(F)CCc1ccc(Sc2ccc(O)cc2)cc1. The maximum Gasteiger partial charge on any atom is 0.247 e. The van der Waals surface area contributed by atoms with E-state index in [0.717, 1.165) is 15.4 Å². The normalized spacial score (nSPS) is 10.4. The summed E-state index contributed by atoms with van der Waals surface area (Å²) in [6.07, 6.45) is 0.486. The summed E-state index contributed by atoms with van der Waals surface area (Å²) in [7, 11) is 0. The predicted octanol–water partition coefficient (Wildman–Crippen LogP) is 3.82. The van der Waals surface area contributed by atoms with Crippen molar-refractivity contribution in [1.82, 2.24) is 5.12 Å². The second-order valence-electron chi connectivity index (χ2n) is 4.59. The zero-order valence-electron chi connectivity index (χ0n) is 11.6. The molecule has 0 aromatic heterocycles. The van der Waals surface area contributed by atoms with Crippen LogP contribution in [0.5, 0.6) is 5.75 Å². The van der Waals surface area contributed by atoms with Crippen molar-refractivity contribution in [2.24, 2.45) is 0 Å². The van der Waals surface area contributed by atoms with Crippen molar-refractivity contribution in [3.63, 3.8) is 0 Å². The fourth-order valence-corrected chi connectivity index (χ4v) is 2.58. The van der Waals surface area contributed by atoms with Crippen molar-refractivity contribution in [2.45, 2.75) is 23.1 Å². The molecule has 2 rings (SSSR count). The Kier molecular flexibility index (Phi) is 5.22. The monoisotopic (exact) mass is 305 g/mol. The summed E-state index contributed by atoms with van der Waals surface area (Å²) in [4.78, 5) is 12.9. The van der Waals surface area contributed by atoms with Gasteiger partial charge >= 0.3 is 0 Å². The summed E-state index contributed by atoms with van der Waals surface area (Å²) in [6, 6.07) is 14.8. The van der Waals surface area contributed by atoms with E-state index in [-0.39, 0.29) is 17.4 Å². The minimum atomic E-state index is -0.575. The first-order chi connectivity index (χ1) is 10.0. The van der Waals surface area contributed by atoms with Gasteiger partial charge in [0.1, 0.15) is 5.75 Å². The van der Waals surface area contributed by atoms with E-state index in [2.05, 4.69) is 0 Å². The van der Waals surface area contributed by atoms with Crippen molar-refractivity contribution >= 4 is 17.7 Å². The van der Waals surface area contributed by atoms with Crippen LogP contribution in [0.2, 0.25) is 0 Å². The lowest BCUT2D eigenvalue weighted by molar-refractivity contribution is -0.143. The molecule has 5 heteroatoms. The summed E-state index contributed by atoms with van der Waals surface area (Å²) in [6.45, 7) is 1.27. The first-order valence-corrected chi connectivity index (χ1v) is 7.36. The zero-order valence-corrected chi connectivity index (χ0v) is 12.4. The molecule has 1 N–H and O–H groups in total. The highest BCUT2D eigenvalue weighted by atomic mass is 32.2. The molecule has 0 radical (unpaired) electrons. The lowest BCUT2D eigenvalue weighted by atomic mass is 10.1. The summed E-state index contributed by atoms with van der Waals surface area (Å²) in [5.74, 6) is -0.328. The van der Waals surface area contributed by atoms with Crippen LogP contribution in [0.4, 0.5) is 4.48 Å². The van der Waals surface area contributed by atoms with Crippen LogP contribution in [0.1, 0.15) is 12.5 Å². The van der Waals surface area contributed by atoms with E-state index in [9.17, 15) is 14.4 Å². The molecule has 0 bridgehead atoms. The quantitative estimate of drug-likeness (QED) is 0.854. The van der Waals surface area contributed by atoms with E-state index in [4.69, 9.17) is 0 Å². The Bertz CT molecular complexity index is 599. The Morgan fingerprint density at radius 1 is 1.10 bits per heavy atom. The molecule has 2 aromatic rings. The van der Waals surface area contributed by atoms with Crippen molar-refractivity contribution in [2.75, 3.05) is 6.54 Å². The predicted molar refractivity (Wildman–Crippen MR) is 80.9 cm³/mol. The van der Waals surface area contributed by atoms with E-state index >= 15 is 0 Å². The molecule has 0 aliphatic rings. The molecule has 110 valence electrons. The Morgan fingerprint density at radius 3 is 2.14 bits per heavy atom. The number of carbonyl (C=O) groups excluding carboxylic acids is 1. The van der Waals surface area contributed by atoms with E-state index in [1.165, 1.54) is 6.92 Å². The van der Waals surface area contributed by atoms with Gasteiger partial charge in [0, 0.05) is 16.7 Å². The van der Waals surface area contributed by atoms with Crippen molar-refractivity contribution < 1.29 is 14.4 Å². The molecule has 21 heavy (non-hydrogen) atoms. The highest BCUT2D eigenvalue weighted by molar-refractivity contribution is 7.99. The number of halogens is 1. The average molecular weight is 305 g/mol. The number of aromatic hydroxyl groups is 1. The number of hydrogen-bond donors (Lipinski definition) is 1. The van der Waals surface area contributed by atoms with Gasteiger partial charge in [-0.05, 0) is 48.4 Å². The molecule has 0 atom stereocenters. The van der Waals surface area contributed by atoms with Gasteiger partial charge in [0.25, 0.3) is 0 Å². The Labute approximate surface area is 127 Å². The molecule has 0 spiro atoms. The molecule has 1 amide bonds. The fraction of sp³-hybridized carbons (Fsp3) is 0.188. The topological polar surface area (TPSA) is 40.5 Å². The lowest BCUT2D eigenvalue weighted by Crippen LogP contribution is -2.21. The van der Waals surface area contributed by atoms with Crippen LogP contribution in [0.3, 0.4) is 0 Å². The van der Waals surface area contributed by atoms with Gasteiger partial charge in [0.05, 0.1) is 6.54 Å². The van der Waals surface area contributed by atoms with E-state index in [0.29, 0.717) is 6.42 Å². The zero-order chi connectivity index (χ0) is 15.2. The minimum Gasteiger partial charge on any atom is -0.508 e. The van der Waals surface area contributed by atoms with Crippen molar-refractivity contribution in [3.05, 3.63) is 54.1 Å². The van der Waals surface area contributed by atoms with Crippen LogP contribution in [-0.4, -0.2) is 22.7 Å². The summed E-state index contributed by atoms with van der Waals surface area (Å²) < 4.78 is 13.1. The van der Waals surface area contributed by atoms with E-state index in [1.807, 2.05) is 36.4 Å². The molecule has 0 unspecified atom stereocenters. The van der Waals surface area contributed by atoms with Gasteiger partial charge in [-0.1, -0.05) is 28.4 Å². The second kappa shape index (κ2) is 7.13. The molecule has 0 aliphatic carbocycles. The number of carbonyl (C=O) groups is 1. The summed E-state index contributed by atoms with van der Waals surface area (Å²) in [5.41, 5.74) is 0.981. The van der Waals surface area contributed by atoms with Crippen LogP contribution in [0, 0.1) is 0 Å². The van der Waals surface area contributed by atoms with Gasteiger partial charge < -0.3 is 5.11 Å². The number of rotatable bonds is 5. The number of hydrogen-bond acceptors (Lipinski definition) is 3. The molecule has 3 nitrogen and oxygen atoms in total. The molecule has 0 saturated carbocycles. The largest absolute Gasteiger partial charge is 0.508 e. The second-order valence-corrected chi connectivity index (χ2v) is 5.74. The maximum absolute atomic E-state index is 13.1. The molecule has 2 aromatic carbocycles. The van der Waals surface area contributed by atoms with Crippen molar-refractivity contribution in [3.8, 4) is 5.75 Å². The van der Waals surface area contributed by atoms with Crippen LogP contribution in [0.25, 0.3) is 0 Å². The number of amides is 1. The smallest absolute Gasteiger partial charge is 0.247 e. The number of benzene rings is 2. The van der Waals surface area contributed by atoms with E-state index < -0.39 is 5.91 Å². The van der Waals surface area contributed by atoms with Gasteiger partial charge in [-0.15, -0.1) is 0 Å². The Morgan fingerprint density at radius 2 is 1.62 bits per heavy atom. The van der Waals surface area contributed by atoms with Crippen LogP contribution >= 0.6 is 11.8 Å². The highest BCUT2D eigenvalue weighted by Gasteiger charge is 2.06. The van der Waals surface area contributed by atoms with Gasteiger partial charge in [-0.2, -0.15) is 5.12 Å².